The first kappa shape index (κ1) is 37.5. The minimum absolute atomic E-state index is 0.0835. The van der Waals surface area contributed by atoms with Crippen molar-refractivity contribution in [3.63, 3.8) is 0 Å². The van der Waals surface area contributed by atoms with Crippen LogP contribution in [0.3, 0.4) is 0 Å². The fourth-order valence-corrected chi connectivity index (χ4v) is 11.1. The van der Waals surface area contributed by atoms with E-state index in [-0.39, 0.29) is 16.7 Å². The molecule has 276 valence electrons. The molecule has 0 amide bonds. The molecule has 2 aliphatic heterocycles. The minimum atomic E-state index is -0.318. The third-order valence-electron chi connectivity index (χ3n) is 13.5. The minimum Gasteiger partial charge on any atom is -0.344 e. The first-order valence-electron chi connectivity index (χ1n) is 20.6. The predicted octanol–water partition coefficient (Wildman–Crippen LogP) is 13.8. The van der Waals surface area contributed by atoms with Crippen LogP contribution in [0.4, 0.5) is 11.4 Å². The Bertz CT molecular complexity index is 1840. The van der Waals surface area contributed by atoms with Crippen LogP contribution in [0, 0.1) is 17.8 Å². The number of allylic oxidation sites excluding steroid dienone is 5. The van der Waals surface area contributed by atoms with Gasteiger partial charge in [-0.3, -0.25) is 0 Å². The number of halogens is 2. The molecule has 0 bridgehead atoms. The second-order valence-corrected chi connectivity index (χ2v) is 17.8. The van der Waals surface area contributed by atoms with Crippen molar-refractivity contribution in [2.75, 3.05) is 23.9 Å². The highest BCUT2D eigenvalue weighted by molar-refractivity contribution is 6.30. The molecule has 0 spiro atoms. The summed E-state index contributed by atoms with van der Waals surface area (Å²) in [6.07, 6.45) is 28.4. The maximum Gasteiger partial charge on any atom is 0.209 e. The van der Waals surface area contributed by atoms with E-state index in [1.165, 1.54) is 135 Å². The quantitative estimate of drug-likeness (QED) is 0.0652. The summed E-state index contributed by atoms with van der Waals surface area (Å²) < 4.78 is 2.59. The SMILES string of the molecule is C=CC(CCl)C1(C)C(=CC=CC2=[N+](CCCCC3CCCC3)c3ccc(Cl)cc3C2(C)C)N(CCCCC2CCCC2)c2ccc3ccccc3c21. The highest BCUT2D eigenvalue weighted by Gasteiger charge is 2.49. The van der Waals surface area contributed by atoms with E-state index in [4.69, 9.17) is 23.2 Å². The number of hydrogen-bond acceptors (Lipinski definition) is 1. The maximum absolute atomic E-state index is 6.87. The van der Waals surface area contributed by atoms with Crippen LogP contribution in [0.1, 0.15) is 122 Å². The molecule has 2 unspecified atom stereocenters. The Morgan fingerprint density at radius 3 is 2.27 bits per heavy atom. The molecule has 7 rings (SSSR count). The normalized spacial score (nSPS) is 23.1. The Hall–Kier alpha value is -2.81. The van der Waals surface area contributed by atoms with Gasteiger partial charge < -0.3 is 4.90 Å². The molecule has 2 fully saturated rings. The lowest BCUT2D eigenvalue weighted by molar-refractivity contribution is -0.438. The second-order valence-electron chi connectivity index (χ2n) is 17.1. The monoisotopic (exact) mass is 735 g/mol. The molecule has 3 aromatic rings. The largest absolute Gasteiger partial charge is 0.344 e. The molecule has 0 aromatic heterocycles. The summed E-state index contributed by atoms with van der Waals surface area (Å²) in [6, 6.07) is 20.1. The topological polar surface area (TPSA) is 6.25 Å². The lowest BCUT2D eigenvalue weighted by Gasteiger charge is -2.35. The van der Waals surface area contributed by atoms with Gasteiger partial charge in [0, 0.05) is 64.3 Å². The number of alkyl halides is 1. The first-order chi connectivity index (χ1) is 25.3. The zero-order valence-corrected chi connectivity index (χ0v) is 33.6. The standard InChI is InChI=1S/C48H61Cl2N2/c1-5-38(34-49)48(4)45(52(32-15-13-22-36-19-8-9-20-36)43-29-27-37-23-10-11-24-40(37)46(43)48)26-16-25-44-47(2,3)41-33-39(50)28-30-42(41)51(44)31-14-12-21-35-17-6-7-18-35/h5,10-11,16,23-30,33,35-36,38H,1,6-9,12-15,17-22,31-32,34H2,2-4H3/q+1. The Balaban J connectivity index is 1.26. The molecule has 3 aromatic carbocycles. The van der Waals surface area contributed by atoms with Crippen LogP contribution in [0.5, 0.6) is 0 Å². The van der Waals surface area contributed by atoms with Gasteiger partial charge in [-0.15, -0.1) is 18.2 Å². The van der Waals surface area contributed by atoms with E-state index in [1.807, 2.05) is 0 Å². The van der Waals surface area contributed by atoms with E-state index in [0.717, 1.165) is 29.9 Å². The summed E-state index contributed by atoms with van der Waals surface area (Å²) in [5, 5.41) is 3.42. The van der Waals surface area contributed by atoms with E-state index in [1.54, 1.807) is 0 Å². The molecule has 0 radical (unpaired) electrons. The predicted molar refractivity (Wildman–Crippen MR) is 226 cm³/mol. The summed E-state index contributed by atoms with van der Waals surface area (Å²) in [4.78, 5) is 2.64. The van der Waals surface area contributed by atoms with Crippen LogP contribution in [0.2, 0.25) is 5.02 Å². The fraction of sp³-hybridized carbons (Fsp3) is 0.521. The lowest BCUT2D eigenvalue weighted by Crippen LogP contribution is -2.36. The van der Waals surface area contributed by atoms with Gasteiger partial charge in [-0.05, 0) is 86.1 Å². The third-order valence-corrected chi connectivity index (χ3v) is 14.1. The van der Waals surface area contributed by atoms with Crippen LogP contribution in [0.25, 0.3) is 10.8 Å². The molecule has 2 atom stereocenters. The van der Waals surface area contributed by atoms with Crippen molar-refractivity contribution in [2.24, 2.45) is 17.8 Å². The van der Waals surface area contributed by atoms with Gasteiger partial charge in [0.25, 0.3) is 0 Å². The van der Waals surface area contributed by atoms with E-state index in [9.17, 15) is 0 Å². The number of hydrogen-bond donors (Lipinski definition) is 0. The smallest absolute Gasteiger partial charge is 0.209 e. The third kappa shape index (κ3) is 7.21. The second kappa shape index (κ2) is 16.3. The van der Waals surface area contributed by atoms with Gasteiger partial charge in [0.2, 0.25) is 5.69 Å². The summed E-state index contributed by atoms with van der Waals surface area (Å²) in [5.74, 6) is 2.47. The fourth-order valence-electron chi connectivity index (χ4n) is 10.5. The maximum atomic E-state index is 6.87. The molecule has 2 aliphatic carbocycles. The number of anilines is 1. The van der Waals surface area contributed by atoms with Gasteiger partial charge >= 0.3 is 0 Å². The van der Waals surface area contributed by atoms with Crippen LogP contribution in [-0.2, 0) is 10.8 Å². The molecule has 0 N–H and O–H groups in total. The average Bonchev–Trinajstić information content (AvgIpc) is 3.94. The number of nitrogens with zero attached hydrogens (tertiary/aromatic N) is 2. The van der Waals surface area contributed by atoms with Crippen LogP contribution >= 0.6 is 23.2 Å². The number of rotatable bonds is 15. The Kier molecular flexibility index (Phi) is 11.7. The molecule has 2 saturated carbocycles. The first-order valence-corrected chi connectivity index (χ1v) is 21.5. The van der Waals surface area contributed by atoms with E-state index in [2.05, 4.69) is 116 Å². The molecule has 4 heteroatoms. The van der Waals surface area contributed by atoms with E-state index < -0.39 is 0 Å². The molecular weight excluding hydrogens is 675 g/mol. The highest BCUT2D eigenvalue weighted by Crippen LogP contribution is 2.55. The van der Waals surface area contributed by atoms with E-state index in [0.29, 0.717) is 5.88 Å². The van der Waals surface area contributed by atoms with Crippen molar-refractivity contribution < 1.29 is 4.58 Å². The molecule has 52 heavy (non-hydrogen) atoms. The molecule has 4 aliphatic rings. The van der Waals surface area contributed by atoms with Gasteiger partial charge in [-0.1, -0.05) is 125 Å². The zero-order valence-electron chi connectivity index (χ0n) is 32.1. The number of benzene rings is 3. The van der Waals surface area contributed by atoms with Crippen molar-refractivity contribution in [2.45, 2.75) is 121 Å². The molecule has 2 heterocycles. The summed E-state index contributed by atoms with van der Waals surface area (Å²) >= 11 is 13.5. The van der Waals surface area contributed by atoms with Crippen LogP contribution in [-0.4, -0.2) is 29.3 Å². The van der Waals surface area contributed by atoms with Crippen molar-refractivity contribution in [1.29, 1.82) is 0 Å². The molecule has 0 saturated heterocycles. The average molecular weight is 737 g/mol. The van der Waals surface area contributed by atoms with E-state index >= 15 is 0 Å². The summed E-state index contributed by atoms with van der Waals surface area (Å²) in [7, 11) is 0. The molecular formula is C48H61Cl2N2+. The Morgan fingerprint density at radius 2 is 1.58 bits per heavy atom. The summed E-state index contributed by atoms with van der Waals surface area (Å²) in [6.45, 7) is 13.6. The Labute approximate surface area is 324 Å². The zero-order chi connectivity index (χ0) is 36.3. The molecule has 2 nitrogen and oxygen atoms in total. The van der Waals surface area contributed by atoms with Crippen molar-refractivity contribution in [3.8, 4) is 0 Å². The number of unbranched alkanes of at least 4 members (excludes halogenated alkanes) is 2. The van der Waals surface area contributed by atoms with Crippen LogP contribution < -0.4 is 4.90 Å². The Morgan fingerprint density at radius 1 is 0.885 bits per heavy atom. The van der Waals surface area contributed by atoms with Crippen molar-refractivity contribution in [1.82, 2.24) is 0 Å². The van der Waals surface area contributed by atoms with Gasteiger partial charge in [-0.2, -0.15) is 4.58 Å². The van der Waals surface area contributed by atoms with Gasteiger partial charge in [0.1, 0.15) is 6.54 Å². The number of fused-ring (bicyclic) bond motifs is 4. The van der Waals surface area contributed by atoms with Crippen molar-refractivity contribution in [3.05, 3.63) is 107 Å². The van der Waals surface area contributed by atoms with Crippen molar-refractivity contribution >= 4 is 51.1 Å². The van der Waals surface area contributed by atoms with Crippen LogP contribution in [0.15, 0.2) is 91.2 Å². The lowest BCUT2D eigenvalue weighted by atomic mass is 9.70. The summed E-state index contributed by atoms with van der Waals surface area (Å²) in [5.41, 5.74) is 7.58. The van der Waals surface area contributed by atoms with Gasteiger partial charge in [0.15, 0.2) is 5.71 Å². The van der Waals surface area contributed by atoms with Gasteiger partial charge in [0.05, 0.1) is 5.41 Å². The van der Waals surface area contributed by atoms with Gasteiger partial charge in [-0.25, -0.2) is 0 Å². The highest BCUT2D eigenvalue weighted by atomic mass is 35.5.